The van der Waals surface area contributed by atoms with E-state index in [-0.39, 0.29) is 6.42 Å². The van der Waals surface area contributed by atoms with Gasteiger partial charge in [0.2, 0.25) is 0 Å². The van der Waals surface area contributed by atoms with Crippen molar-refractivity contribution in [2.24, 2.45) is 0 Å². The monoisotopic (exact) mass is 236 g/mol. The molecule has 0 aromatic rings. The zero-order chi connectivity index (χ0) is 12.3. The Labute approximate surface area is 91.5 Å². The number of hydrogen-bond acceptors (Lipinski definition) is 7. The van der Waals surface area contributed by atoms with Crippen molar-refractivity contribution in [3.8, 4) is 0 Å². The van der Waals surface area contributed by atoms with Gasteiger partial charge in [-0.1, -0.05) is 0 Å². The van der Waals surface area contributed by atoms with Gasteiger partial charge in [-0.2, -0.15) is 0 Å². The molecule has 0 aromatic carbocycles. The zero-order valence-electron chi connectivity index (χ0n) is 8.69. The summed E-state index contributed by atoms with van der Waals surface area (Å²) in [6, 6.07) is 0. The van der Waals surface area contributed by atoms with Gasteiger partial charge in [-0.05, 0) is 6.92 Å². The molecule has 2 aliphatic rings. The van der Waals surface area contributed by atoms with E-state index in [1.807, 2.05) is 0 Å². The van der Waals surface area contributed by atoms with Gasteiger partial charge in [-0.25, -0.2) is 0 Å². The molecule has 0 unspecified atom stereocenters. The lowest BCUT2D eigenvalue weighted by molar-refractivity contribution is -0.330. The van der Waals surface area contributed by atoms with E-state index in [1.165, 1.54) is 6.92 Å². The molecule has 0 bridgehead atoms. The first kappa shape index (κ1) is 12.2. The van der Waals surface area contributed by atoms with Crippen LogP contribution in [0.25, 0.3) is 0 Å². The van der Waals surface area contributed by atoms with Crippen molar-refractivity contribution < 1.29 is 35.4 Å². The molecule has 1 saturated heterocycles. The number of aliphatic hydroxyl groups is 6. The SMILES string of the molecule is C[C@@]12O[C@H](O)[C@@H](O)C[C@]1(O)[C@@H](O)[C@H](O)[C@H]2O. The van der Waals surface area contributed by atoms with Crippen LogP contribution in [0.2, 0.25) is 0 Å². The Morgan fingerprint density at radius 3 is 2.19 bits per heavy atom. The fraction of sp³-hybridized carbons (Fsp3) is 1.00. The van der Waals surface area contributed by atoms with Crippen LogP contribution in [0.15, 0.2) is 0 Å². The van der Waals surface area contributed by atoms with Crippen LogP contribution >= 0.6 is 0 Å². The van der Waals surface area contributed by atoms with Crippen LogP contribution in [0.3, 0.4) is 0 Å². The van der Waals surface area contributed by atoms with Gasteiger partial charge in [-0.3, -0.25) is 0 Å². The van der Waals surface area contributed by atoms with E-state index < -0.39 is 41.9 Å². The van der Waals surface area contributed by atoms with Crippen molar-refractivity contribution in [1.82, 2.24) is 0 Å². The fourth-order valence-corrected chi connectivity index (χ4v) is 2.57. The third-order valence-electron chi connectivity index (χ3n) is 3.78. The molecular weight excluding hydrogens is 220 g/mol. The zero-order valence-corrected chi connectivity index (χ0v) is 8.69. The molecule has 1 saturated carbocycles. The first-order chi connectivity index (χ1) is 7.24. The molecule has 16 heavy (non-hydrogen) atoms. The molecule has 7 nitrogen and oxygen atoms in total. The minimum atomic E-state index is -2.00. The van der Waals surface area contributed by atoms with Gasteiger partial charge >= 0.3 is 0 Å². The van der Waals surface area contributed by atoms with Crippen LogP contribution in [0.4, 0.5) is 0 Å². The Hall–Kier alpha value is -0.280. The van der Waals surface area contributed by atoms with Gasteiger partial charge in [0.1, 0.15) is 35.6 Å². The molecule has 0 radical (unpaired) electrons. The number of aliphatic hydroxyl groups excluding tert-OH is 5. The summed E-state index contributed by atoms with van der Waals surface area (Å²) in [5.74, 6) is 0. The van der Waals surface area contributed by atoms with Crippen molar-refractivity contribution >= 4 is 0 Å². The lowest BCUT2D eigenvalue weighted by Crippen LogP contribution is -2.66. The highest BCUT2D eigenvalue weighted by molar-refractivity contribution is 5.20. The summed E-state index contributed by atoms with van der Waals surface area (Å²) < 4.78 is 4.95. The third kappa shape index (κ3) is 1.22. The molecule has 2 fully saturated rings. The molecule has 6 N–H and O–H groups in total. The quantitative estimate of drug-likeness (QED) is 0.259. The summed E-state index contributed by atoms with van der Waals surface area (Å²) in [5.41, 5.74) is -3.71. The maximum atomic E-state index is 10.2. The molecule has 1 aliphatic carbocycles. The van der Waals surface area contributed by atoms with Gasteiger partial charge in [0, 0.05) is 6.42 Å². The van der Waals surface area contributed by atoms with Gasteiger partial charge in [0.05, 0.1) is 0 Å². The number of hydrogen-bond donors (Lipinski definition) is 6. The topological polar surface area (TPSA) is 131 Å². The summed E-state index contributed by atoms with van der Waals surface area (Å²) >= 11 is 0. The summed E-state index contributed by atoms with van der Waals surface area (Å²) in [7, 11) is 0. The fourth-order valence-electron chi connectivity index (χ4n) is 2.57. The maximum absolute atomic E-state index is 10.2. The van der Waals surface area contributed by atoms with E-state index in [2.05, 4.69) is 0 Å². The molecule has 7 heteroatoms. The highest BCUT2D eigenvalue weighted by Crippen LogP contribution is 2.48. The minimum absolute atomic E-state index is 0.389. The van der Waals surface area contributed by atoms with Crippen molar-refractivity contribution in [1.29, 1.82) is 0 Å². The molecule has 94 valence electrons. The van der Waals surface area contributed by atoms with Crippen molar-refractivity contribution in [2.75, 3.05) is 0 Å². The van der Waals surface area contributed by atoms with Gasteiger partial charge < -0.3 is 35.4 Å². The molecule has 0 aromatic heterocycles. The van der Waals surface area contributed by atoms with E-state index >= 15 is 0 Å². The third-order valence-corrected chi connectivity index (χ3v) is 3.78. The maximum Gasteiger partial charge on any atom is 0.181 e. The second-order valence-electron chi connectivity index (χ2n) is 4.69. The molecular formula is C9H16O7. The molecule has 2 rings (SSSR count). The largest absolute Gasteiger partial charge is 0.388 e. The lowest BCUT2D eigenvalue weighted by Gasteiger charge is -2.48. The second kappa shape index (κ2) is 3.36. The Balaban J connectivity index is 2.41. The van der Waals surface area contributed by atoms with Crippen molar-refractivity contribution in [2.45, 2.75) is 55.3 Å². The van der Waals surface area contributed by atoms with Crippen LogP contribution in [0, 0.1) is 0 Å². The average molecular weight is 236 g/mol. The number of ether oxygens (including phenoxy) is 1. The first-order valence-electron chi connectivity index (χ1n) is 5.04. The first-order valence-corrected chi connectivity index (χ1v) is 5.04. The van der Waals surface area contributed by atoms with E-state index in [1.54, 1.807) is 0 Å². The summed E-state index contributed by atoms with van der Waals surface area (Å²) in [6.45, 7) is 1.27. The predicted molar refractivity (Wildman–Crippen MR) is 49.1 cm³/mol. The molecule has 0 amide bonds. The van der Waals surface area contributed by atoms with Gasteiger partial charge in [0.15, 0.2) is 6.29 Å². The molecule has 1 heterocycles. The van der Waals surface area contributed by atoms with E-state index in [4.69, 9.17) is 4.74 Å². The van der Waals surface area contributed by atoms with E-state index in [0.717, 1.165) is 0 Å². The standard InChI is InChI=1S/C9H16O7/c1-8-5(12)4(11)6(13)9(8,15)2-3(10)7(14)16-8/h3-7,10-15H,2H2,1H3/t3-,4+,5+,6-,7-,8-,9-/m0/s1. The van der Waals surface area contributed by atoms with Gasteiger partial charge in [-0.15, -0.1) is 0 Å². The molecule has 1 aliphatic heterocycles. The van der Waals surface area contributed by atoms with Crippen LogP contribution in [0.5, 0.6) is 0 Å². The van der Waals surface area contributed by atoms with Gasteiger partial charge in [0.25, 0.3) is 0 Å². The molecule has 7 atom stereocenters. The smallest absolute Gasteiger partial charge is 0.181 e. The highest BCUT2D eigenvalue weighted by atomic mass is 16.7. The Morgan fingerprint density at radius 1 is 1.06 bits per heavy atom. The van der Waals surface area contributed by atoms with Crippen molar-refractivity contribution in [3.05, 3.63) is 0 Å². The average Bonchev–Trinajstić information content (AvgIpc) is 2.33. The van der Waals surface area contributed by atoms with Crippen LogP contribution in [-0.2, 0) is 4.74 Å². The van der Waals surface area contributed by atoms with Crippen LogP contribution < -0.4 is 0 Å². The Kier molecular flexibility index (Phi) is 2.56. The van der Waals surface area contributed by atoms with Crippen molar-refractivity contribution in [3.63, 3.8) is 0 Å². The summed E-state index contributed by atoms with van der Waals surface area (Å²) in [5, 5.41) is 57.8. The number of rotatable bonds is 0. The highest BCUT2D eigenvalue weighted by Gasteiger charge is 2.70. The Bertz CT molecular complexity index is 270. The predicted octanol–water partition coefficient (Wildman–Crippen LogP) is -3.33. The summed E-state index contributed by atoms with van der Waals surface area (Å²) in [4.78, 5) is 0. The van der Waals surface area contributed by atoms with E-state index in [0.29, 0.717) is 0 Å². The molecule has 0 spiro atoms. The van der Waals surface area contributed by atoms with Crippen LogP contribution in [0.1, 0.15) is 13.3 Å². The second-order valence-corrected chi connectivity index (χ2v) is 4.69. The lowest BCUT2D eigenvalue weighted by atomic mass is 9.78. The summed E-state index contributed by atoms with van der Waals surface area (Å²) in [6.07, 6.45) is -8.13. The Morgan fingerprint density at radius 2 is 1.62 bits per heavy atom. The number of fused-ring (bicyclic) bond motifs is 1. The van der Waals surface area contributed by atoms with E-state index in [9.17, 15) is 30.6 Å². The van der Waals surface area contributed by atoms with Crippen LogP contribution in [-0.4, -0.2) is 72.5 Å². The normalized spacial score (nSPS) is 62.1. The minimum Gasteiger partial charge on any atom is -0.388 e.